The highest BCUT2D eigenvalue weighted by atomic mass is 15.0. The number of hydrogen-bond donors (Lipinski definition) is 4. The molecule has 0 bridgehead atoms. The fourth-order valence-corrected chi connectivity index (χ4v) is 5.38. The van der Waals surface area contributed by atoms with Crippen LogP contribution in [0.4, 0.5) is 0 Å². The molecule has 3 aromatic carbocycles. The molecular weight excluding hydrogens is 432 g/mol. The van der Waals surface area contributed by atoms with Crippen LogP contribution in [0.25, 0.3) is 44.2 Å². The standard InChI is InChI=1S/C29H28N6/c1-17-11-26(31-15-17)28-32-16-27(35-28)22-7-6-18-12-19(4-5-20(18)13-22)21-8-9-23-25(14-21)34-29(33-23)24-3-2-10-30-24/h4-9,11-14,16,24,26,30-31H,2-3,10,15H2,1H3,(H,32,35)(H,33,34). The molecule has 7 rings (SSSR count). The van der Waals surface area contributed by atoms with E-state index in [4.69, 9.17) is 4.98 Å². The highest BCUT2D eigenvalue weighted by Crippen LogP contribution is 2.31. The number of imidazole rings is 2. The van der Waals surface area contributed by atoms with Crippen LogP contribution in [0.2, 0.25) is 0 Å². The van der Waals surface area contributed by atoms with Gasteiger partial charge in [-0.25, -0.2) is 9.97 Å². The van der Waals surface area contributed by atoms with Crippen LogP contribution in [0, 0.1) is 0 Å². The summed E-state index contributed by atoms with van der Waals surface area (Å²) in [6, 6.07) is 20.3. The first-order valence-corrected chi connectivity index (χ1v) is 12.4. The lowest BCUT2D eigenvalue weighted by molar-refractivity contribution is 0.614. The summed E-state index contributed by atoms with van der Waals surface area (Å²) in [6.45, 7) is 4.14. The van der Waals surface area contributed by atoms with Gasteiger partial charge in [-0.15, -0.1) is 0 Å². The molecule has 0 radical (unpaired) electrons. The topological polar surface area (TPSA) is 81.4 Å². The van der Waals surface area contributed by atoms with Crippen LogP contribution in [-0.4, -0.2) is 33.0 Å². The molecule has 5 aromatic rings. The van der Waals surface area contributed by atoms with Gasteiger partial charge in [-0.1, -0.05) is 42.0 Å². The Bertz CT molecular complexity index is 1580. The molecule has 2 atom stereocenters. The molecular formula is C29H28N6. The van der Waals surface area contributed by atoms with Gasteiger partial charge in [0.25, 0.3) is 0 Å². The van der Waals surface area contributed by atoms with Gasteiger partial charge in [0, 0.05) is 12.1 Å². The van der Waals surface area contributed by atoms with Crippen molar-refractivity contribution in [3.05, 3.63) is 84.1 Å². The number of fused-ring (bicyclic) bond motifs is 2. The first-order valence-electron chi connectivity index (χ1n) is 12.4. The number of H-pyrrole nitrogens is 2. The molecule has 2 aromatic heterocycles. The third-order valence-electron chi connectivity index (χ3n) is 7.32. The number of rotatable bonds is 4. The third kappa shape index (κ3) is 3.75. The van der Waals surface area contributed by atoms with Gasteiger partial charge in [0.1, 0.15) is 11.6 Å². The Morgan fingerprint density at radius 2 is 1.63 bits per heavy atom. The Kier molecular flexibility index (Phi) is 4.82. The molecule has 4 N–H and O–H groups in total. The van der Waals surface area contributed by atoms with Crippen LogP contribution in [0.5, 0.6) is 0 Å². The van der Waals surface area contributed by atoms with Gasteiger partial charge in [-0.2, -0.15) is 0 Å². The van der Waals surface area contributed by atoms with Gasteiger partial charge in [-0.3, -0.25) is 0 Å². The molecule has 4 heterocycles. The van der Waals surface area contributed by atoms with Crippen molar-refractivity contribution in [2.45, 2.75) is 31.8 Å². The molecule has 0 spiro atoms. The van der Waals surface area contributed by atoms with Crippen molar-refractivity contribution in [3.8, 4) is 22.4 Å². The van der Waals surface area contributed by atoms with E-state index in [0.717, 1.165) is 53.4 Å². The van der Waals surface area contributed by atoms with Crippen LogP contribution in [0.15, 0.2) is 72.4 Å². The summed E-state index contributed by atoms with van der Waals surface area (Å²) in [7, 11) is 0. The van der Waals surface area contributed by atoms with Gasteiger partial charge >= 0.3 is 0 Å². The monoisotopic (exact) mass is 460 g/mol. The smallest absolute Gasteiger partial charge is 0.127 e. The van der Waals surface area contributed by atoms with Crippen LogP contribution < -0.4 is 10.6 Å². The molecule has 1 saturated heterocycles. The van der Waals surface area contributed by atoms with Crippen molar-refractivity contribution < 1.29 is 0 Å². The van der Waals surface area contributed by atoms with Crippen LogP contribution >= 0.6 is 0 Å². The van der Waals surface area contributed by atoms with Crippen molar-refractivity contribution in [1.82, 2.24) is 30.6 Å². The summed E-state index contributed by atoms with van der Waals surface area (Å²) in [5.74, 6) is 2.02. The molecule has 2 unspecified atom stereocenters. The van der Waals surface area contributed by atoms with Crippen molar-refractivity contribution >= 4 is 21.8 Å². The van der Waals surface area contributed by atoms with Crippen molar-refractivity contribution in [3.63, 3.8) is 0 Å². The van der Waals surface area contributed by atoms with Crippen molar-refractivity contribution in [1.29, 1.82) is 0 Å². The Labute approximate surface area is 203 Å². The number of hydrogen-bond acceptors (Lipinski definition) is 4. The maximum atomic E-state index is 4.82. The van der Waals surface area contributed by atoms with Gasteiger partial charge in [0.2, 0.25) is 0 Å². The summed E-state index contributed by atoms with van der Waals surface area (Å²) < 4.78 is 0. The number of benzene rings is 3. The number of nitrogens with zero attached hydrogens (tertiary/aromatic N) is 2. The Morgan fingerprint density at radius 1 is 0.829 bits per heavy atom. The average Bonchev–Trinajstić information content (AvgIpc) is 3.69. The number of nitrogens with one attached hydrogen (secondary N) is 4. The summed E-state index contributed by atoms with van der Waals surface area (Å²) in [5, 5.41) is 9.44. The zero-order chi connectivity index (χ0) is 23.4. The van der Waals surface area contributed by atoms with E-state index >= 15 is 0 Å². The van der Waals surface area contributed by atoms with Crippen LogP contribution in [0.1, 0.15) is 43.5 Å². The zero-order valence-electron chi connectivity index (χ0n) is 19.7. The van der Waals surface area contributed by atoms with Gasteiger partial charge < -0.3 is 20.6 Å². The van der Waals surface area contributed by atoms with E-state index in [9.17, 15) is 0 Å². The Morgan fingerprint density at radius 3 is 2.43 bits per heavy atom. The van der Waals surface area contributed by atoms with E-state index in [2.05, 4.69) is 93.2 Å². The Hall–Kier alpha value is -3.74. The van der Waals surface area contributed by atoms with E-state index < -0.39 is 0 Å². The van der Waals surface area contributed by atoms with Crippen LogP contribution in [-0.2, 0) is 0 Å². The normalized spacial score (nSPS) is 20.2. The maximum absolute atomic E-state index is 4.82. The quantitative estimate of drug-likeness (QED) is 0.256. The van der Waals surface area contributed by atoms with Crippen molar-refractivity contribution in [2.24, 2.45) is 0 Å². The minimum atomic E-state index is 0.171. The summed E-state index contributed by atoms with van der Waals surface area (Å²) in [6.07, 6.45) is 6.52. The molecule has 0 amide bonds. The van der Waals surface area contributed by atoms with E-state index in [1.807, 2.05) is 6.20 Å². The van der Waals surface area contributed by atoms with E-state index in [1.165, 1.54) is 33.9 Å². The summed E-state index contributed by atoms with van der Waals surface area (Å²) >= 11 is 0. The molecule has 1 fully saturated rings. The first-order chi connectivity index (χ1) is 17.2. The van der Waals surface area contributed by atoms with Crippen LogP contribution in [0.3, 0.4) is 0 Å². The fourth-order valence-electron chi connectivity index (χ4n) is 5.38. The molecule has 174 valence electrons. The molecule has 35 heavy (non-hydrogen) atoms. The van der Waals surface area contributed by atoms with Crippen molar-refractivity contribution in [2.75, 3.05) is 13.1 Å². The summed E-state index contributed by atoms with van der Waals surface area (Å²) in [5.41, 5.74) is 8.08. The molecule has 6 nitrogen and oxygen atoms in total. The minimum Gasteiger partial charge on any atom is -0.341 e. The molecule has 6 heteroatoms. The largest absolute Gasteiger partial charge is 0.341 e. The average molecular weight is 461 g/mol. The lowest BCUT2D eigenvalue weighted by atomic mass is 9.99. The highest BCUT2D eigenvalue weighted by molar-refractivity contribution is 5.91. The fraction of sp³-hybridized carbons (Fsp3) is 0.241. The second kappa shape index (κ2) is 8.18. The second-order valence-electron chi connectivity index (χ2n) is 9.83. The number of aromatic amines is 2. The van der Waals surface area contributed by atoms with Gasteiger partial charge in [0.15, 0.2) is 0 Å². The SMILES string of the molecule is CC1=CC(c2ncc(-c3ccc4cc(-c5ccc6nc(C7CCCN7)[nH]c6c5)ccc4c3)[nH]2)NC1. The number of aromatic nitrogens is 4. The molecule has 0 aliphatic carbocycles. The van der Waals surface area contributed by atoms with Gasteiger partial charge in [-0.05, 0) is 72.5 Å². The Balaban J connectivity index is 1.18. The molecule has 2 aliphatic rings. The predicted octanol–water partition coefficient (Wildman–Crippen LogP) is 5.79. The minimum absolute atomic E-state index is 0.171. The third-order valence-corrected chi connectivity index (χ3v) is 7.32. The maximum Gasteiger partial charge on any atom is 0.127 e. The predicted molar refractivity (Wildman–Crippen MR) is 141 cm³/mol. The molecule has 0 saturated carbocycles. The van der Waals surface area contributed by atoms with E-state index in [-0.39, 0.29) is 6.04 Å². The van der Waals surface area contributed by atoms with E-state index in [0.29, 0.717) is 6.04 Å². The second-order valence-corrected chi connectivity index (χ2v) is 9.83. The summed E-state index contributed by atoms with van der Waals surface area (Å²) in [4.78, 5) is 16.5. The zero-order valence-corrected chi connectivity index (χ0v) is 19.7. The highest BCUT2D eigenvalue weighted by Gasteiger charge is 2.20. The van der Waals surface area contributed by atoms with Gasteiger partial charge in [0.05, 0.1) is 35.0 Å². The lowest BCUT2D eigenvalue weighted by Crippen LogP contribution is -2.15. The molecule has 2 aliphatic heterocycles. The lowest BCUT2D eigenvalue weighted by Gasteiger charge is -2.07. The van der Waals surface area contributed by atoms with E-state index in [1.54, 1.807) is 0 Å². The first kappa shape index (κ1) is 20.6.